The molecule has 0 aromatic rings. The van der Waals surface area contributed by atoms with Gasteiger partial charge in [0.05, 0.1) is 0 Å². The molecule has 1 aliphatic rings. The minimum atomic E-state index is -5.23. The number of phosphoric acid groups is 1. The molecule has 0 spiro atoms. The second kappa shape index (κ2) is 3.70. The van der Waals surface area contributed by atoms with Gasteiger partial charge in [-0.3, -0.25) is 0 Å². The average Bonchev–Trinajstić information content (AvgIpc) is 1.97. The van der Waals surface area contributed by atoms with E-state index in [9.17, 15) is 30.1 Å². The number of rotatable bonds is 2. The molecular formula is C6H13O9P. The molecular weight excluding hydrogens is 247 g/mol. The van der Waals surface area contributed by atoms with E-state index < -0.39 is 38.0 Å². The molecule has 0 heterocycles. The van der Waals surface area contributed by atoms with Crippen LogP contribution < -0.4 is 0 Å². The summed E-state index contributed by atoms with van der Waals surface area (Å²) in [6.45, 7) is 0. The van der Waals surface area contributed by atoms with Gasteiger partial charge >= 0.3 is 7.82 Å². The van der Waals surface area contributed by atoms with Crippen molar-refractivity contribution in [3.8, 4) is 0 Å². The predicted molar refractivity (Wildman–Crippen MR) is 46.3 cm³/mol. The van der Waals surface area contributed by atoms with Crippen molar-refractivity contribution in [2.45, 2.75) is 36.6 Å². The van der Waals surface area contributed by atoms with Crippen LogP contribution in [-0.4, -0.2) is 52.7 Å². The maximum absolute atomic E-state index is 10.5. The Morgan fingerprint density at radius 1 is 1.00 bits per heavy atom. The SMILES string of the molecule is O=P(O)(O)OC1(O)CCCC(O)(O)C1(O)O. The predicted octanol–water partition coefficient (Wildman–Crippen LogP) is -2.67. The van der Waals surface area contributed by atoms with Crippen LogP contribution in [0.2, 0.25) is 0 Å². The largest absolute Gasteiger partial charge is 0.472 e. The van der Waals surface area contributed by atoms with Gasteiger partial charge in [0.25, 0.3) is 5.79 Å². The highest BCUT2D eigenvalue weighted by atomic mass is 31.2. The van der Waals surface area contributed by atoms with Crippen LogP contribution in [-0.2, 0) is 9.09 Å². The van der Waals surface area contributed by atoms with E-state index in [-0.39, 0.29) is 6.42 Å². The number of hydrogen-bond donors (Lipinski definition) is 7. The van der Waals surface area contributed by atoms with Crippen LogP contribution in [0.5, 0.6) is 0 Å². The summed E-state index contributed by atoms with van der Waals surface area (Å²) in [6, 6.07) is 0. The quantitative estimate of drug-likeness (QED) is 0.207. The Hall–Kier alpha value is -0.0900. The van der Waals surface area contributed by atoms with Crippen molar-refractivity contribution in [1.82, 2.24) is 0 Å². The Morgan fingerprint density at radius 3 is 1.94 bits per heavy atom. The third-order valence-corrected chi connectivity index (χ3v) is 2.95. The fraction of sp³-hybridized carbons (Fsp3) is 1.00. The molecule has 0 amide bonds. The van der Waals surface area contributed by atoms with Crippen LogP contribution in [0.25, 0.3) is 0 Å². The van der Waals surface area contributed by atoms with E-state index in [0.717, 1.165) is 0 Å². The summed E-state index contributed by atoms with van der Waals surface area (Å²) in [5.74, 6) is -9.90. The van der Waals surface area contributed by atoms with Crippen LogP contribution in [0.3, 0.4) is 0 Å². The summed E-state index contributed by atoms with van der Waals surface area (Å²) < 4.78 is 14.3. The van der Waals surface area contributed by atoms with Gasteiger partial charge in [-0.15, -0.1) is 0 Å². The molecule has 1 saturated carbocycles. The minimum Gasteiger partial charge on any atom is -0.361 e. The molecule has 1 rings (SSSR count). The van der Waals surface area contributed by atoms with Gasteiger partial charge in [0, 0.05) is 12.8 Å². The lowest BCUT2D eigenvalue weighted by Crippen LogP contribution is -2.71. The molecule has 1 fully saturated rings. The maximum atomic E-state index is 10.5. The summed E-state index contributed by atoms with van der Waals surface area (Å²) in [5, 5.41) is 46.6. The monoisotopic (exact) mass is 260 g/mol. The molecule has 7 N–H and O–H groups in total. The topological polar surface area (TPSA) is 168 Å². The van der Waals surface area contributed by atoms with Gasteiger partial charge in [0.2, 0.25) is 11.6 Å². The zero-order valence-corrected chi connectivity index (χ0v) is 8.91. The first-order chi connectivity index (χ1) is 6.91. The van der Waals surface area contributed by atoms with E-state index in [1.165, 1.54) is 0 Å². The number of hydrogen-bond acceptors (Lipinski definition) is 7. The molecule has 9 nitrogen and oxygen atoms in total. The van der Waals surface area contributed by atoms with Crippen LogP contribution in [0, 0.1) is 0 Å². The molecule has 0 aromatic carbocycles. The van der Waals surface area contributed by atoms with E-state index in [0.29, 0.717) is 0 Å². The second-order valence-corrected chi connectivity index (χ2v) is 4.87. The molecule has 96 valence electrons. The first kappa shape index (κ1) is 14.0. The van der Waals surface area contributed by atoms with Crippen LogP contribution >= 0.6 is 7.82 Å². The van der Waals surface area contributed by atoms with Crippen molar-refractivity contribution in [2.24, 2.45) is 0 Å². The van der Waals surface area contributed by atoms with Gasteiger partial charge < -0.3 is 35.3 Å². The van der Waals surface area contributed by atoms with Crippen molar-refractivity contribution in [2.75, 3.05) is 0 Å². The van der Waals surface area contributed by atoms with Gasteiger partial charge in [-0.2, -0.15) is 0 Å². The first-order valence-electron chi connectivity index (χ1n) is 4.29. The molecule has 10 heteroatoms. The zero-order valence-electron chi connectivity index (χ0n) is 8.02. The van der Waals surface area contributed by atoms with Gasteiger partial charge in [-0.25, -0.2) is 9.09 Å². The molecule has 1 atom stereocenters. The van der Waals surface area contributed by atoms with Crippen molar-refractivity contribution < 1.29 is 44.4 Å². The highest BCUT2D eigenvalue weighted by molar-refractivity contribution is 7.46. The molecule has 1 aliphatic carbocycles. The number of aliphatic hydroxyl groups is 5. The first-order valence-corrected chi connectivity index (χ1v) is 5.82. The van der Waals surface area contributed by atoms with Crippen LogP contribution in [0.4, 0.5) is 0 Å². The average molecular weight is 260 g/mol. The lowest BCUT2D eigenvalue weighted by atomic mass is 9.83. The van der Waals surface area contributed by atoms with Gasteiger partial charge in [-0.05, 0) is 6.42 Å². The molecule has 16 heavy (non-hydrogen) atoms. The smallest absolute Gasteiger partial charge is 0.361 e. The van der Waals surface area contributed by atoms with Crippen LogP contribution in [0.15, 0.2) is 0 Å². The third kappa shape index (κ3) is 2.28. The lowest BCUT2D eigenvalue weighted by molar-refractivity contribution is -0.460. The highest BCUT2D eigenvalue weighted by Gasteiger charge is 2.66. The fourth-order valence-corrected chi connectivity index (χ4v) is 2.15. The van der Waals surface area contributed by atoms with Gasteiger partial charge in [0.1, 0.15) is 0 Å². The summed E-state index contributed by atoms with van der Waals surface area (Å²) in [5.41, 5.74) is 0. The number of phosphoric ester groups is 1. The second-order valence-electron chi connectivity index (χ2n) is 3.71. The van der Waals surface area contributed by atoms with E-state index in [1.54, 1.807) is 0 Å². The normalized spacial score (nSPS) is 33.7. The van der Waals surface area contributed by atoms with E-state index in [2.05, 4.69) is 4.52 Å². The highest BCUT2D eigenvalue weighted by Crippen LogP contribution is 2.50. The lowest BCUT2D eigenvalue weighted by Gasteiger charge is -2.48. The Labute approximate surface area is 89.8 Å². The van der Waals surface area contributed by atoms with E-state index in [1.807, 2.05) is 0 Å². The Bertz CT molecular complexity index is 320. The molecule has 1 unspecified atom stereocenters. The molecule has 0 radical (unpaired) electrons. The Kier molecular flexibility index (Phi) is 3.23. The van der Waals surface area contributed by atoms with Crippen molar-refractivity contribution in [1.29, 1.82) is 0 Å². The maximum Gasteiger partial charge on any atom is 0.472 e. The van der Waals surface area contributed by atoms with E-state index in [4.69, 9.17) is 9.79 Å². The summed E-state index contributed by atoms with van der Waals surface area (Å²) in [7, 11) is -5.23. The Morgan fingerprint density at radius 2 is 1.50 bits per heavy atom. The third-order valence-electron chi connectivity index (χ3n) is 2.41. The molecule has 0 aliphatic heterocycles. The van der Waals surface area contributed by atoms with Gasteiger partial charge in [-0.1, -0.05) is 0 Å². The molecule has 0 saturated heterocycles. The standard InChI is InChI=1S/C6H13O9P/c7-4(8)2-1-3-5(9,6(4,10)11)15-16(12,13)14/h7-11H,1-3H2,(H2,12,13,14). The zero-order chi connectivity index (χ0) is 12.8. The van der Waals surface area contributed by atoms with Crippen molar-refractivity contribution in [3.05, 3.63) is 0 Å². The summed E-state index contributed by atoms with van der Waals surface area (Å²) in [6.07, 6.45) is -1.20. The molecule has 0 bridgehead atoms. The van der Waals surface area contributed by atoms with Crippen molar-refractivity contribution >= 4 is 7.82 Å². The van der Waals surface area contributed by atoms with Crippen LogP contribution in [0.1, 0.15) is 19.3 Å². The minimum absolute atomic E-state index is 0.133. The fourth-order valence-electron chi connectivity index (χ4n) is 1.54. The summed E-state index contributed by atoms with van der Waals surface area (Å²) in [4.78, 5) is 17.0. The van der Waals surface area contributed by atoms with E-state index >= 15 is 0 Å². The summed E-state index contributed by atoms with van der Waals surface area (Å²) >= 11 is 0. The van der Waals surface area contributed by atoms with Crippen molar-refractivity contribution in [3.63, 3.8) is 0 Å². The Balaban J connectivity index is 3.07. The molecule has 0 aromatic heterocycles. The van der Waals surface area contributed by atoms with Gasteiger partial charge in [0.15, 0.2) is 0 Å².